The van der Waals surface area contributed by atoms with Crippen LogP contribution in [0.5, 0.6) is 0 Å². The zero-order valence-corrected chi connectivity index (χ0v) is 19.6. The summed E-state index contributed by atoms with van der Waals surface area (Å²) in [6.45, 7) is 5.53. The van der Waals surface area contributed by atoms with E-state index in [9.17, 15) is 4.79 Å². The first-order chi connectivity index (χ1) is 15.5. The van der Waals surface area contributed by atoms with Crippen LogP contribution in [-0.2, 0) is 4.79 Å². The lowest BCUT2D eigenvalue weighted by Gasteiger charge is -2.31. The summed E-state index contributed by atoms with van der Waals surface area (Å²) in [6.07, 6.45) is 1.83. The zero-order chi connectivity index (χ0) is 22.2. The fraction of sp³-hybridized carbons (Fsp3) is 0.292. The van der Waals surface area contributed by atoms with Crippen molar-refractivity contribution in [2.75, 3.05) is 23.3 Å². The summed E-state index contributed by atoms with van der Waals surface area (Å²) in [7, 11) is 0. The molecule has 0 aliphatic carbocycles. The van der Waals surface area contributed by atoms with Crippen molar-refractivity contribution in [1.29, 1.82) is 0 Å². The Bertz CT molecular complexity index is 1280. The van der Waals surface area contributed by atoms with Crippen LogP contribution < -0.4 is 10.2 Å². The smallest absolute Gasteiger partial charge is 0.229 e. The number of halogens is 1. The van der Waals surface area contributed by atoms with Crippen LogP contribution in [0.3, 0.4) is 0 Å². The third kappa shape index (κ3) is 3.98. The molecule has 0 unspecified atom stereocenters. The van der Waals surface area contributed by atoms with Gasteiger partial charge in [0, 0.05) is 23.8 Å². The van der Waals surface area contributed by atoms with Gasteiger partial charge in [0.05, 0.1) is 22.0 Å². The van der Waals surface area contributed by atoms with Gasteiger partial charge in [0.2, 0.25) is 5.91 Å². The van der Waals surface area contributed by atoms with Crippen molar-refractivity contribution >= 4 is 50.0 Å². The van der Waals surface area contributed by atoms with Crippen molar-refractivity contribution < 1.29 is 4.79 Å². The standard InChI is InChI=1S/C24H24ClN5OS/c1-15-13-18(25)10-11-20(15)26-23(31)17-7-6-12-29(14-17)24-27-22-21(32-24)16(2)28-30(22)19-8-4-3-5-9-19/h3-5,8-11,13,17H,6-7,12,14H2,1-2H3,(H,26,31)/t17-/m1/s1. The van der Waals surface area contributed by atoms with Gasteiger partial charge in [-0.2, -0.15) is 10.1 Å². The Morgan fingerprint density at radius 2 is 2.00 bits per heavy atom. The highest BCUT2D eigenvalue weighted by Crippen LogP contribution is 2.34. The van der Waals surface area contributed by atoms with Gasteiger partial charge in [-0.1, -0.05) is 41.1 Å². The minimum Gasteiger partial charge on any atom is -0.347 e. The maximum Gasteiger partial charge on any atom is 0.229 e. The van der Waals surface area contributed by atoms with Crippen LogP contribution in [0.1, 0.15) is 24.1 Å². The van der Waals surface area contributed by atoms with E-state index in [1.54, 1.807) is 17.4 Å². The number of hydrogen-bond acceptors (Lipinski definition) is 5. The summed E-state index contributed by atoms with van der Waals surface area (Å²) in [6, 6.07) is 15.6. The SMILES string of the molecule is Cc1cc(Cl)ccc1NC(=O)[C@@H]1CCCN(c2nc3c(s2)c(C)nn3-c2ccccc2)C1. The summed E-state index contributed by atoms with van der Waals surface area (Å²) in [5.74, 6) is -0.0366. The largest absolute Gasteiger partial charge is 0.347 e. The van der Waals surface area contributed by atoms with Crippen LogP contribution in [0, 0.1) is 19.8 Å². The molecule has 1 atom stereocenters. The second kappa shape index (κ2) is 8.56. The molecule has 2 aromatic carbocycles. The third-order valence-corrected chi connectivity index (χ3v) is 7.34. The Hall–Kier alpha value is -2.90. The zero-order valence-electron chi connectivity index (χ0n) is 18.0. The van der Waals surface area contributed by atoms with Crippen LogP contribution in [0.25, 0.3) is 16.0 Å². The molecule has 8 heteroatoms. The van der Waals surface area contributed by atoms with Crippen LogP contribution in [0.4, 0.5) is 10.8 Å². The maximum absolute atomic E-state index is 13.0. The highest BCUT2D eigenvalue weighted by atomic mass is 35.5. The molecule has 0 radical (unpaired) electrons. The molecule has 5 rings (SSSR count). The van der Waals surface area contributed by atoms with E-state index in [0.29, 0.717) is 11.6 Å². The van der Waals surface area contributed by atoms with Crippen LogP contribution >= 0.6 is 22.9 Å². The number of fused-ring (bicyclic) bond motifs is 1. The van der Waals surface area contributed by atoms with E-state index in [0.717, 1.165) is 57.5 Å². The van der Waals surface area contributed by atoms with Gasteiger partial charge in [-0.15, -0.1) is 0 Å². The molecule has 2 aromatic heterocycles. The van der Waals surface area contributed by atoms with Gasteiger partial charge in [0.25, 0.3) is 0 Å². The van der Waals surface area contributed by atoms with E-state index in [-0.39, 0.29) is 11.8 Å². The Kier molecular flexibility index (Phi) is 5.61. The number of thiazole rings is 1. The van der Waals surface area contributed by atoms with Gasteiger partial charge in [0.15, 0.2) is 10.8 Å². The first-order valence-corrected chi connectivity index (χ1v) is 11.9. The lowest BCUT2D eigenvalue weighted by atomic mass is 9.97. The summed E-state index contributed by atoms with van der Waals surface area (Å²) < 4.78 is 2.99. The highest BCUT2D eigenvalue weighted by molar-refractivity contribution is 7.22. The van der Waals surface area contributed by atoms with Crippen molar-refractivity contribution in [2.24, 2.45) is 5.92 Å². The van der Waals surface area contributed by atoms with E-state index in [1.807, 2.05) is 61.0 Å². The van der Waals surface area contributed by atoms with E-state index in [4.69, 9.17) is 16.6 Å². The van der Waals surface area contributed by atoms with Crippen molar-refractivity contribution in [2.45, 2.75) is 26.7 Å². The number of aryl methyl sites for hydroxylation is 2. The molecular weight excluding hydrogens is 442 g/mol. The normalized spacial score (nSPS) is 16.5. The summed E-state index contributed by atoms with van der Waals surface area (Å²) in [5, 5.41) is 9.39. The highest BCUT2D eigenvalue weighted by Gasteiger charge is 2.28. The molecule has 1 saturated heterocycles. The molecule has 0 saturated carbocycles. The first kappa shape index (κ1) is 21.0. The molecule has 1 aliphatic rings. The topological polar surface area (TPSA) is 63.1 Å². The van der Waals surface area contributed by atoms with Crippen molar-refractivity contribution in [3.05, 3.63) is 64.8 Å². The van der Waals surface area contributed by atoms with Gasteiger partial charge in [-0.25, -0.2) is 4.68 Å². The monoisotopic (exact) mass is 465 g/mol. The molecule has 6 nitrogen and oxygen atoms in total. The predicted molar refractivity (Wildman–Crippen MR) is 131 cm³/mol. The number of piperidine rings is 1. The van der Waals surface area contributed by atoms with Crippen molar-refractivity contribution in [1.82, 2.24) is 14.8 Å². The molecule has 1 fully saturated rings. The van der Waals surface area contributed by atoms with Crippen molar-refractivity contribution in [3.63, 3.8) is 0 Å². The molecule has 164 valence electrons. The molecular formula is C24H24ClN5OS. The molecule has 0 bridgehead atoms. The van der Waals surface area contributed by atoms with E-state index < -0.39 is 0 Å². The number of carbonyl (C=O) groups is 1. The number of amides is 1. The van der Waals surface area contributed by atoms with Crippen LogP contribution in [0.15, 0.2) is 48.5 Å². The van der Waals surface area contributed by atoms with E-state index in [2.05, 4.69) is 15.3 Å². The van der Waals surface area contributed by atoms with Gasteiger partial charge < -0.3 is 10.2 Å². The molecule has 3 heterocycles. The Balaban J connectivity index is 1.37. The number of carbonyl (C=O) groups excluding carboxylic acids is 1. The number of aromatic nitrogens is 3. The fourth-order valence-corrected chi connectivity index (χ4v) is 5.42. The van der Waals surface area contributed by atoms with Crippen LogP contribution in [0.2, 0.25) is 5.02 Å². The number of para-hydroxylation sites is 1. The molecule has 1 aliphatic heterocycles. The molecule has 0 spiro atoms. The molecule has 4 aromatic rings. The quantitative estimate of drug-likeness (QED) is 0.425. The van der Waals surface area contributed by atoms with Gasteiger partial charge >= 0.3 is 0 Å². The molecule has 1 N–H and O–H groups in total. The van der Waals surface area contributed by atoms with Crippen molar-refractivity contribution in [3.8, 4) is 5.69 Å². The van der Waals surface area contributed by atoms with Gasteiger partial charge in [-0.3, -0.25) is 4.79 Å². The van der Waals surface area contributed by atoms with Gasteiger partial charge in [0.1, 0.15) is 0 Å². The van der Waals surface area contributed by atoms with E-state index >= 15 is 0 Å². The Labute approximate surface area is 195 Å². The second-order valence-corrected chi connectivity index (χ2v) is 9.63. The number of nitrogens with zero attached hydrogens (tertiary/aromatic N) is 4. The molecule has 1 amide bonds. The Morgan fingerprint density at radius 3 is 2.78 bits per heavy atom. The average molecular weight is 466 g/mol. The second-order valence-electron chi connectivity index (χ2n) is 8.22. The summed E-state index contributed by atoms with van der Waals surface area (Å²) >= 11 is 7.70. The Morgan fingerprint density at radius 1 is 1.19 bits per heavy atom. The number of nitrogens with one attached hydrogen (secondary N) is 1. The van der Waals surface area contributed by atoms with E-state index in [1.165, 1.54) is 0 Å². The summed E-state index contributed by atoms with van der Waals surface area (Å²) in [4.78, 5) is 20.2. The minimum atomic E-state index is -0.0856. The van der Waals surface area contributed by atoms with Crippen LogP contribution in [-0.4, -0.2) is 33.8 Å². The molecule has 32 heavy (non-hydrogen) atoms. The maximum atomic E-state index is 13.0. The fourth-order valence-electron chi connectivity index (χ4n) is 4.17. The number of hydrogen-bond donors (Lipinski definition) is 1. The predicted octanol–water partition coefficient (Wildman–Crippen LogP) is 5.61. The lowest BCUT2D eigenvalue weighted by Crippen LogP contribution is -2.40. The van der Waals surface area contributed by atoms with Gasteiger partial charge in [-0.05, 0) is 62.6 Å². The minimum absolute atomic E-state index is 0.0490. The summed E-state index contributed by atoms with van der Waals surface area (Å²) in [5.41, 5.74) is 4.62. The number of benzene rings is 2. The average Bonchev–Trinajstić information content (AvgIpc) is 3.37. The third-order valence-electron chi connectivity index (χ3n) is 5.89. The first-order valence-electron chi connectivity index (χ1n) is 10.7. The number of rotatable bonds is 4. The lowest BCUT2D eigenvalue weighted by molar-refractivity contribution is -0.120. The number of anilines is 2.